The molecule has 3 rings (SSSR count). The molecule has 0 aliphatic carbocycles. The fourth-order valence-corrected chi connectivity index (χ4v) is 3.32. The summed E-state index contributed by atoms with van der Waals surface area (Å²) in [5.74, 6) is 0.822. The standard InChI is InChI=1S/C24H30N4O5/c1-18-25-23(33-21-12-10-20(32-3)11-13-21)27(16-19-8-5-4-6-9-19)17-22(30)28(14-7-15-29)24(31)26(18)2/h4-6,8-13,18,29H,7,14-17H2,1-3H3. The first kappa shape index (κ1) is 24.1. The number of nitrogens with zero attached hydrogens (tertiary/aromatic N) is 4. The summed E-state index contributed by atoms with van der Waals surface area (Å²) in [6, 6.07) is 16.5. The van der Waals surface area contributed by atoms with Crippen molar-refractivity contribution in [2.45, 2.75) is 26.1 Å². The molecule has 9 heteroatoms. The molecule has 1 aliphatic heterocycles. The maximum atomic E-state index is 13.2. The van der Waals surface area contributed by atoms with Crippen molar-refractivity contribution in [3.63, 3.8) is 0 Å². The Balaban J connectivity index is 1.98. The number of urea groups is 1. The highest BCUT2D eigenvalue weighted by molar-refractivity contribution is 5.97. The van der Waals surface area contributed by atoms with Crippen LogP contribution in [0.5, 0.6) is 11.5 Å². The van der Waals surface area contributed by atoms with Gasteiger partial charge in [0.2, 0.25) is 5.91 Å². The van der Waals surface area contributed by atoms with Gasteiger partial charge in [0.25, 0.3) is 6.02 Å². The van der Waals surface area contributed by atoms with Gasteiger partial charge in [0, 0.05) is 26.7 Å². The van der Waals surface area contributed by atoms with E-state index in [2.05, 4.69) is 4.99 Å². The van der Waals surface area contributed by atoms with Crippen molar-refractivity contribution < 1.29 is 24.2 Å². The van der Waals surface area contributed by atoms with Crippen LogP contribution in [0.15, 0.2) is 59.6 Å². The topological polar surface area (TPSA) is 94.9 Å². The zero-order chi connectivity index (χ0) is 23.8. The molecule has 2 aromatic rings. The summed E-state index contributed by atoms with van der Waals surface area (Å²) in [7, 11) is 3.18. The Bertz CT molecular complexity index is 965. The van der Waals surface area contributed by atoms with E-state index in [4.69, 9.17) is 9.47 Å². The number of aliphatic hydroxyl groups excluding tert-OH is 1. The first-order valence-corrected chi connectivity index (χ1v) is 10.8. The average Bonchev–Trinajstić information content (AvgIpc) is 2.85. The third-order valence-corrected chi connectivity index (χ3v) is 5.31. The second-order valence-electron chi connectivity index (χ2n) is 7.68. The molecule has 0 aromatic heterocycles. The highest BCUT2D eigenvalue weighted by Gasteiger charge is 2.32. The lowest BCUT2D eigenvalue weighted by molar-refractivity contribution is -0.129. The van der Waals surface area contributed by atoms with Crippen LogP contribution in [0.25, 0.3) is 0 Å². The number of benzene rings is 2. The van der Waals surface area contributed by atoms with Crippen LogP contribution < -0.4 is 9.47 Å². The molecule has 0 bridgehead atoms. The largest absolute Gasteiger partial charge is 0.497 e. The number of aliphatic hydroxyl groups is 1. The fourth-order valence-electron chi connectivity index (χ4n) is 3.32. The molecule has 0 fully saturated rings. The number of hydrogen-bond acceptors (Lipinski definition) is 7. The molecule has 1 N–H and O–H groups in total. The molecule has 3 amide bonds. The Morgan fingerprint density at radius 2 is 1.73 bits per heavy atom. The lowest BCUT2D eigenvalue weighted by atomic mass is 10.2. The maximum Gasteiger partial charge on any atom is 0.328 e. The molecule has 1 heterocycles. The van der Waals surface area contributed by atoms with E-state index in [0.717, 1.165) is 10.5 Å². The number of amidine groups is 1. The summed E-state index contributed by atoms with van der Waals surface area (Å²) in [5, 5.41) is 9.23. The molecular weight excluding hydrogens is 424 g/mol. The molecule has 33 heavy (non-hydrogen) atoms. The summed E-state index contributed by atoms with van der Waals surface area (Å²) in [6.45, 7) is 2.02. The van der Waals surface area contributed by atoms with E-state index < -0.39 is 18.1 Å². The smallest absolute Gasteiger partial charge is 0.328 e. The molecule has 1 atom stereocenters. The van der Waals surface area contributed by atoms with E-state index in [1.54, 1.807) is 50.2 Å². The van der Waals surface area contributed by atoms with Crippen LogP contribution in [0, 0.1) is 0 Å². The van der Waals surface area contributed by atoms with Crippen LogP contribution in [-0.2, 0) is 11.3 Å². The van der Waals surface area contributed by atoms with Crippen molar-refractivity contribution in [3.8, 4) is 11.5 Å². The fraction of sp³-hybridized carbons (Fsp3) is 0.375. The molecule has 0 radical (unpaired) electrons. The average molecular weight is 455 g/mol. The lowest BCUT2D eigenvalue weighted by Gasteiger charge is -2.28. The summed E-state index contributed by atoms with van der Waals surface area (Å²) >= 11 is 0. The van der Waals surface area contributed by atoms with Gasteiger partial charge in [0.1, 0.15) is 24.2 Å². The Morgan fingerprint density at radius 3 is 2.36 bits per heavy atom. The van der Waals surface area contributed by atoms with E-state index in [0.29, 0.717) is 24.5 Å². The van der Waals surface area contributed by atoms with Gasteiger partial charge in [-0.1, -0.05) is 30.3 Å². The van der Waals surface area contributed by atoms with Crippen molar-refractivity contribution in [2.24, 2.45) is 4.99 Å². The molecule has 1 unspecified atom stereocenters. The number of rotatable bonds is 7. The summed E-state index contributed by atoms with van der Waals surface area (Å²) in [5.41, 5.74) is 0.963. The lowest BCUT2D eigenvalue weighted by Crippen LogP contribution is -2.49. The zero-order valence-electron chi connectivity index (χ0n) is 19.2. The number of methoxy groups -OCH3 is 1. The van der Waals surface area contributed by atoms with E-state index in [1.165, 1.54) is 4.90 Å². The van der Waals surface area contributed by atoms with Crippen LogP contribution in [0.2, 0.25) is 0 Å². The number of ether oxygens (including phenoxy) is 2. The normalized spacial score (nSPS) is 17.3. The number of carbonyl (C=O) groups excluding carboxylic acids is 2. The summed E-state index contributed by atoms with van der Waals surface area (Å²) in [6.07, 6.45) is -0.291. The van der Waals surface area contributed by atoms with Gasteiger partial charge in [-0.25, -0.2) is 9.79 Å². The van der Waals surface area contributed by atoms with Crippen LogP contribution in [0.3, 0.4) is 0 Å². The monoisotopic (exact) mass is 454 g/mol. The molecule has 0 saturated carbocycles. The summed E-state index contributed by atoms with van der Waals surface area (Å²) < 4.78 is 11.3. The van der Waals surface area contributed by atoms with E-state index in [9.17, 15) is 14.7 Å². The van der Waals surface area contributed by atoms with Gasteiger partial charge in [-0.15, -0.1) is 0 Å². The van der Waals surface area contributed by atoms with Gasteiger partial charge < -0.3 is 24.4 Å². The Kier molecular flexibility index (Phi) is 8.26. The molecule has 0 spiro atoms. The third-order valence-electron chi connectivity index (χ3n) is 5.31. The number of hydrogen-bond donors (Lipinski definition) is 1. The van der Waals surface area contributed by atoms with E-state index >= 15 is 0 Å². The van der Waals surface area contributed by atoms with Crippen LogP contribution >= 0.6 is 0 Å². The predicted molar refractivity (Wildman–Crippen MR) is 124 cm³/mol. The first-order valence-electron chi connectivity index (χ1n) is 10.8. The quantitative estimate of drug-likeness (QED) is 0.691. The molecule has 0 saturated heterocycles. The Hall–Kier alpha value is -3.59. The molecule has 2 aromatic carbocycles. The molecule has 176 valence electrons. The van der Waals surface area contributed by atoms with Crippen molar-refractivity contribution >= 4 is 18.0 Å². The van der Waals surface area contributed by atoms with Crippen molar-refractivity contribution in [3.05, 3.63) is 60.2 Å². The first-order chi connectivity index (χ1) is 15.9. The van der Waals surface area contributed by atoms with Crippen molar-refractivity contribution in [1.29, 1.82) is 0 Å². The number of aliphatic imine (C=N–C) groups is 1. The minimum atomic E-state index is -0.591. The predicted octanol–water partition coefficient (Wildman–Crippen LogP) is 2.55. The van der Waals surface area contributed by atoms with Crippen LogP contribution in [0.1, 0.15) is 18.9 Å². The highest BCUT2D eigenvalue weighted by atomic mass is 16.5. The second-order valence-corrected chi connectivity index (χ2v) is 7.68. The van der Waals surface area contributed by atoms with Gasteiger partial charge in [-0.05, 0) is 43.2 Å². The maximum absolute atomic E-state index is 13.2. The Labute approximate surface area is 193 Å². The van der Waals surface area contributed by atoms with Gasteiger partial charge in [0.05, 0.1) is 7.11 Å². The van der Waals surface area contributed by atoms with E-state index in [1.807, 2.05) is 30.3 Å². The SMILES string of the molecule is COc1ccc(OC2=NC(C)N(C)C(=O)N(CCCO)C(=O)CN2Cc2ccccc2)cc1. The molecule has 1 aliphatic rings. The van der Waals surface area contributed by atoms with E-state index in [-0.39, 0.29) is 25.7 Å². The van der Waals surface area contributed by atoms with Crippen molar-refractivity contribution in [1.82, 2.24) is 14.7 Å². The Morgan fingerprint density at radius 1 is 1.06 bits per heavy atom. The third kappa shape index (κ3) is 6.23. The van der Waals surface area contributed by atoms with Crippen LogP contribution in [0.4, 0.5) is 4.79 Å². The second kappa shape index (κ2) is 11.3. The van der Waals surface area contributed by atoms with Gasteiger partial charge in [0.15, 0.2) is 0 Å². The van der Waals surface area contributed by atoms with Gasteiger partial charge in [-0.2, -0.15) is 0 Å². The van der Waals surface area contributed by atoms with Gasteiger partial charge >= 0.3 is 6.03 Å². The number of carbonyl (C=O) groups is 2. The van der Waals surface area contributed by atoms with Gasteiger partial charge in [-0.3, -0.25) is 9.69 Å². The minimum Gasteiger partial charge on any atom is -0.497 e. The molecule has 9 nitrogen and oxygen atoms in total. The van der Waals surface area contributed by atoms with Crippen LogP contribution in [-0.4, -0.2) is 77.8 Å². The molecular formula is C24H30N4O5. The number of amides is 3. The minimum absolute atomic E-state index is 0.110. The number of imide groups is 1. The highest BCUT2D eigenvalue weighted by Crippen LogP contribution is 2.20. The van der Waals surface area contributed by atoms with Crippen molar-refractivity contribution in [2.75, 3.05) is 33.9 Å². The zero-order valence-corrected chi connectivity index (χ0v) is 19.2. The summed E-state index contributed by atoms with van der Waals surface area (Å²) in [4.78, 5) is 35.1.